The van der Waals surface area contributed by atoms with Crippen molar-refractivity contribution in [1.29, 1.82) is 0 Å². The lowest BCUT2D eigenvalue weighted by Crippen LogP contribution is -2.53. The third-order valence-corrected chi connectivity index (χ3v) is 3.25. The van der Waals surface area contributed by atoms with Crippen molar-refractivity contribution in [3.8, 4) is 5.75 Å². The Kier molecular flexibility index (Phi) is 4.02. The molecule has 0 unspecified atom stereocenters. The zero-order valence-corrected chi connectivity index (χ0v) is 10.7. The molecule has 1 aliphatic rings. The third kappa shape index (κ3) is 2.61. The van der Waals surface area contributed by atoms with Crippen LogP contribution in [0.25, 0.3) is 0 Å². The highest BCUT2D eigenvalue weighted by Gasteiger charge is 2.39. The van der Waals surface area contributed by atoms with Crippen LogP contribution in [0.4, 0.5) is 0 Å². The molecule has 1 saturated heterocycles. The van der Waals surface area contributed by atoms with Gasteiger partial charge in [-0.25, -0.2) is 0 Å². The van der Waals surface area contributed by atoms with Gasteiger partial charge in [0.1, 0.15) is 5.75 Å². The van der Waals surface area contributed by atoms with Crippen LogP contribution in [-0.4, -0.2) is 32.9 Å². The molecular weight excluding hydrogens is 214 g/mol. The summed E-state index contributed by atoms with van der Waals surface area (Å²) in [5.74, 6) is 0.940. The average Bonchev–Trinajstić information content (AvgIpc) is 2.30. The van der Waals surface area contributed by atoms with Crippen molar-refractivity contribution >= 4 is 0 Å². The fraction of sp³-hybridized carbons (Fsp3) is 0.571. The maximum Gasteiger partial charge on any atom is 0.119 e. The molecule has 1 N–H and O–H groups in total. The summed E-state index contributed by atoms with van der Waals surface area (Å²) in [6, 6.07) is 8.41. The van der Waals surface area contributed by atoms with E-state index in [0.717, 1.165) is 32.1 Å². The van der Waals surface area contributed by atoms with E-state index in [4.69, 9.17) is 9.47 Å². The minimum atomic E-state index is 0.167. The summed E-state index contributed by atoms with van der Waals surface area (Å²) in [7, 11) is 0. The lowest BCUT2D eigenvalue weighted by Gasteiger charge is -2.42. The molecule has 2 rings (SSSR count). The Bertz CT molecular complexity index is 344. The molecule has 1 fully saturated rings. The monoisotopic (exact) mass is 235 g/mol. The number of hydrogen-bond donors (Lipinski definition) is 1. The van der Waals surface area contributed by atoms with Gasteiger partial charge in [0, 0.05) is 6.54 Å². The Labute approximate surface area is 103 Å². The Morgan fingerprint density at radius 1 is 1.24 bits per heavy atom. The summed E-state index contributed by atoms with van der Waals surface area (Å²) in [4.78, 5) is 0. The first-order valence-corrected chi connectivity index (χ1v) is 6.32. The predicted octanol–water partition coefficient (Wildman–Crippen LogP) is 1.96. The lowest BCUT2D eigenvalue weighted by atomic mass is 9.78. The highest BCUT2D eigenvalue weighted by atomic mass is 16.5. The minimum Gasteiger partial charge on any atom is -0.494 e. The number of nitrogens with one attached hydrogen (secondary N) is 1. The zero-order valence-electron chi connectivity index (χ0n) is 10.7. The average molecular weight is 235 g/mol. The summed E-state index contributed by atoms with van der Waals surface area (Å²) in [6.07, 6.45) is 0. The Balaban J connectivity index is 2.08. The van der Waals surface area contributed by atoms with Gasteiger partial charge in [0.15, 0.2) is 0 Å². The van der Waals surface area contributed by atoms with Crippen molar-refractivity contribution < 1.29 is 9.47 Å². The van der Waals surface area contributed by atoms with E-state index in [1.165, 1.54) is 5.56 Å². The molecule has 1 heterocycles. The SMILES string of the molecule is CCNCC1(c2ccc(OCC)cc2)COC1. The van der Waals surface area contributed by atoms with E-state index >= 15 is 0 Å². The molecule has 94 valence electrons. The summed E-state index contributed by atoms with van der Waals surface area (Å²) in [6.45, 7) is 8.45. The van der Waals surface area contributed by atoms with Gasteiger partial charge in [0.05, 0.1) is 25.2 Å². The van der Waals surface area contributed by atoms with Gasteiger partial charge >= 0.3 is 0 Å². The van der Waals surface area contributed by atoms with Gasteiger partial charge in [-0.3, -0.25) is 0 Å². The molecule has 3 nitrogen and oxygen atoms in total. The maximum absolute atomic E-state index is 5.46. The van der Waals surface area contributed by atoms with E-state index in [2.05, 4.69) is 24.4 Å². The van der Waals surface area contributed by atoms with E-state index in [1.54, 1.807) is 0 Å². The molecule has 0 atom stereocenters. The summed E-state index contributed by atoms with van der Waals surface area (Å²) in [5.41, 5.74) is 1.51. The van der Waals surface area contributed by atoms with Crippen LogP contribution in [0, 0.1) is 0 Å². The van der Waals surface area contributed by atoms with Crippen molar-refractivity contribution in [2.24, 2.45) is 0 Å². The fourth-order valence-electron chi connectivity index (χ4n) is 2.15. The highest BCUT2D eigenvalue weighted by Crippen LogP contribution is 2.32. The molecule has 0 radical (unpaired) electrons. The second kappa shape index (κ2) is 5.52. The third-order valence-electron chi connectivity index (χ3n) is 3.25. The van der Waals surface area contributed by atoms with Gasteiger partial charge < -0.3 is 14.8 Å². The standard InChI is InChI=1S/C14H21NO2/c1-3-15-9-14(10-16-11-14)12-5-7-13(8-6-12)17-4-2/h5-8,15H,3-4,9-11H2,1-2H3. The van der Waals surface area contributed by atoms with E-state index in [0.29, 0.717) is 6.61 Å². The quantitative estimate of drug-likeness (QED) is 0.817. The molecular formula is C14H21NO2. The van der Waals surface area contributed by atoms with Crippen molar-refractivity contribution in [2.75, 3.05) is 32.9 Å². The number of ether oxygens (including phenoxy) is 2. The summed E-state index contributed by atoms with van der Waals surface area (Å²) >= 11 is 0. The van der Waals surface area contributed by atoms with Crippen LogP contribution in [0.2, 0.25) is 0 Å². The van der Waals surface area contributed by atoms with Crippen LogP contribution in [0.1, 0.15) is 19.4 Å². The van der Waals surface area contributed by atoms with Gasteiger partial charge in [0.25, 0.3) is 0 Å². The van der Waals surface area contributed by atoms with Gasteiger partial charge in [-0.2, -0.15) is 0 Å². The lowest BCUT2D eigenvalue weighted by molar-refractivity contribution is -0.0588. The van der Waals surface area contributed by atoms with Crippen molar-refractivity contribution in [1.82, 2.24) is 5.32 Å². The molecule has 0 saturated carbocycles. The van der Waals surface area contributed by atoms with E-state index in [9.17, 15) is 0 Å². The normalized spacial score (nSPS) is 17.5. The molecule has 0 aliphatic carbocycles. The smallest absolute Gasteiger partial charge is 0.119 e. The second-order valence-electron chi connectivity index (χ2n) is 4.51. The van der Waals surface area contributed by atoms with Crippen LogP contribution in [0.15, 0.2) is 24.3 Å². The van der Waals surface area contributed by atoms with Gasteiger partial charge in [-0.05, 0) is 31.2 Å². The summed E-state index contributed by atoms with van der Waals surface area (Å²) < 4.78 is 10.9. The first kappa shape index (κ1) is 12.4. The van der Waals surface area contributed by atoms with Crippen LogP contribution < -0.4 is 10.1 Å². The molecule has 0 amide bonds. The number of likely N-dealkylation sites (N-methyl/N-ethyl adjacent to an activating group) is 1. The topological polar surface area (TPSA) is 30.5 Å². The van der Waals surface area contributed by atoms with Gasteiger partial charge in [-0.15, -0.1) is 0 Å². The largest absolute Gasteiger partial charge is 0.494 e. The molecule has 1 aliphatic heterocycles. The van der Waals surface area contributed by atoms with E-state index < -0.39 is 0 Å². The van der Waals surface area contributed by atoms with Gasteiger partial charge in [0.2, 0.25) is 0 Å². The van der Waals surface area contributed by atoms with E-state index in [1.807, 2.05) is 19.1 Å². The number of benzene rings is 1. The Morgan fingerprint density at radius 2 is 1.94 bits per heavy atom. The van der Waals surface area contributed by atoms with Crippen LogP contribution in [0.5, 0.6) is 5.75 Å². The second-order valence-corrected chi connectivity index (χ2v) is 4.51. The summed E-state index contributed by atoms with van der Waals surface area (Å²) in [5, 5.41) is 3.42. The van der Waals surface area contributed by atoms with Crippen molar-refractivity contribution in [3.05, 3.63) is 29.8 Å². The molecule has 0 spiro atoms. The molecule has 1 aromatic rings. The fourth-order valence-corrected chi connectivity index (χ4v) is 2.15. The number of hydrogen-bond acceptors (Lipinski definition) is 3. The Morgan fingerprint density at radius 3 is 2.41 bits per heavy atom. The maximum atomic E-state index is 5.46. The number of rotatable bonds is 6. The Hall–Kier alpha value is -1.06. The van der Waals surface area contributed by atoms with Gasteiger partial charge in [-0.1, -0.05) is 19.1 Å². The molecule has 3 heteroatoms. The van der Waals surface area contributed by atoms with Crippen LogP contribution in [0.3, 0.4) is 0 Å². The molecule has 0 bridgehead atoms. The van der Waals surface area contributed by atoms with Crippen LogP contribution in [-0.2, 0) is 10.2 Å². The molecule has 0 aromatic heterocycles. The zero-order chi connectivity index (χ0) is 12.1. The molecule has 1 aromatic carbocycles. The minimum absolute atomic E-state index is 0.167. The molecule has 17 heavy (non-hydrogen) atoms. The van der Waals surface area contributed by atoms with E-state index in [-0.39, 0.29) is 5.41 Å². The predicted molar refractivity (Wildman–Crippen MR) is 68.7 cm³/mol. The van der Waals surface area contributed by atoms with Crippen LogP contribution >= 0.6 is 0 Å². The highest BCUT2D eigenvalue weighted by molar-refractivity contribution is 5.34. The van der Waals surface area contributed by atoms with Crippen molar-refractivity contribution in [2.45, 2.75) is 19.3 Å². The van der Waals surface area contributed by atoms with Crippen molar-refractivity contribution in [3.63, 3.8) is 0 Å². The first-order valence-electron chi connectivity index (χ1n) is 6.32. The first-order chi connectivity index (χ1) is 8.30.